The zero-order valence-corrected chi connectivity index (χ0v) is 6.75. The number of hydrogen-bond acceptors (Lipinski definition) is 3. The molecule has 0 aromatic carbocycles. The molecule has 1 atom stereocenters. The molecule has 0 spiro atoms. The van der Waals surface area contributed by atoms with Crippen molar-refractivity contribution in [3.63, 3.8) is 0 Å². The summed E-state index contributed by atoms with van der Waals surface area (Å²) in [5, 5.41) is 0. The summed E-state index contributed by atoms with van der Waals surface area (Å²) in [6.07, 6.45) is 0. The van der Waals surface area contributed by atoms with E-state index >= 15 is 0 Å². The zero-order chi connectivity index (χ0) is 8.27. The molecule has 4 nitrogen and oxygen atoms in total. The molecule has 0 aromatic rings. The average Bonchev–Trinajstić information content (AvgIpc) is 2.04. The van der Waals surface area contributed by atoms with Crippen LogP contribution >= 0.6 is 0 Å². The first-order valence-corrected chi connectivity index (χ1v) is 3.80. The van der Waals surface area contributed by atoms with Gasteiger partial charge in [-0.3, -0.25) is 4.79 Å². The molecule has 4 heteroatoms. The fraction of sp³-hybridized carbons (Fsp3) is 0.857. The third-order valence-electron chi connectivity index (χ3n) is 1.90. The molecule has 0 aliphatic carbocycles. The van der Waals surface area contributed by atoms with Crippen molar-refractivity contribution >= 4 is 5.91 Å². The van der Waals surface area contributed by atoms with Crippen molar-refractivity contribution in [3.05, 3.63) is 0 Å². The van der Waals surface area contributed by atoms with Crippen LogP contribution in [-0.4, -0.2) is 43.2 Å². The van der Waals surface area contributed by atoms with Crippen LogP contribution in [0.3, 0.4) is 0 Å². The van der Waals surface area contributed by atoms with Crippen molar-refractivity contribution in [1.29, 1.82) is 0 Å². The minimum Gasteiger partial charge on any atom is -0.377 e. The van der Waals surface area contributed by atoms with Gasteiger partial charge in [0, 0.05) is 20.0 Å². The topological polar surface area (TPSA) is 55.6 Å². The number of rotatable bonds is 1. The molecular formula is C7H14N2O2. The lowest BCUT2D eigenvalue weighted by Crippen LogP contribution is -2.51. The first-order chi connectivity index (χ1) is 5.25. The zero-order valence-electron chi connectivity index (χ0n) is 6.75. The van der Waals surface area contributed by atoms with Gasteiger partial charge in [-0.2, -0.15) is 0 Å². The first-order valence-electron chi connectivity index (χ1n) is 3.80. The molecule has 0 aromatic heterocycles. The quantitative estimate of drug-likeness (QED) is 0.543. The molecule has 0 bridgehead atoms. The summed E-state index contributed by atoms with van der Waals surface area (Å²) in [4.78, 5) is 12.8. The first kappa shape index (κ1) is 8.49. The number of hydrogen-bond donors (Lipinski definition) is 1. The molecule has 1 unspecified atom stereocenters. The number of morpholine rings is 1. The summed E-state index contributed by atoms with van der Waals surface area (Å²) in [6.45, 7) is 3.94. The smallest absolute Gasteiger partial charge is 0.219 e. The van der Waals surface area contributed by atoms with E-state index in [1.165, 1.54) is 0 Å². The lowest BCUT2D eigenvalue weighted by Gasteiger charge is -2.33. The molecule has 1 heterocycles. The highest BCUT2D eigenvalue weighted by molar-refractivity contribution is 5.73. The van der Waals surface area contributed by atoms with Crippen LogP contribution in [0.1, 0.15) is 6.92 Å². The Hall–Kier alpha value is -0.610. The summed E-state index contributed by atoms with van der Waals surface area (Å²) in [5.41, 5.74) is 5.46. The fourth-order valence-electron chi connectivity index (χ4n) is 1.26. The number of carbonyl (C=O) groups excluding carboxylic acids is 1. The molecule has 0 radical (unpaired) electrons. The van der Waals surface area contributed by atoms with Gasteiger partial charge in [-0.15, -0.1) is 0 Å². The van der Waals surface area contributed by atoms with E-state index in [0.717, 1.165) is 0 Å². The van der Waals surface area contributed by atoms with E-state index in [4.69, 9.17) is 10.5 Å². The van der Waals surface area contributed by atoms with E-state index < -0.39 is 0 Å². The third-order valence-corrected chi connectivity index (χ3v) is 1.90. The number of amides is 1. The molecule has 1 fully saturated rings. The van der Waals surface area contributed by atoms with E-state index in [0.29, 0.717) is 26.3 Å². The lowest BCUT2D eigenvalue weighted by molar-refractivity contribution is -0.136. The highest BCUT2D eigenvalue weighted by atomic mass is 16.5. The minimum absolute atomic E-state index is 0.0845. The van der Waals surface area contributed by atoms with Crippen molar-refractivity contribution < 1.29 is 9.53 Å². The maximum atomic E-state index is 11.0. The predicted octanol–water partition coefficient (Wildman–Crippen LogP) is -0.808. The maximum absolute atomic E-state index is 11.0. The fourth-order valence-corrected chi connectivity index (χ4v) is 1.26. The second kappa shape index (κ2) is 3.69. The Labute approximate surface area is 66.3 Å². The second-order valence-electron chi connectivity index (χ2n) is 2.68. The Morgan fingerprint density at radius 3 is 3.00 bits per heavy atom. The summed E-state index contributed by atoms with van der Waals surface area (Å²) in [6, 6.07) is 0.0845. The molecule has 64 valence electrons. The van der Waals surface area contributed by atoms with Crippen LogP contribution in [-0.2, 0) is 9.53 Å². The minimum atomic E-state index is 0.0845. The van der Waals surface area contributed by atoms with Crippen molar-refractivity contribution in [2.24, 2.45) is 5.73 Å². The van der Waals surface area contributed by atoms with Gasteiger partial charge in [0.1, 0.15) is 0 Å². The van der Waals surface area contributed by atoms with Gasteiger partial charge in [-0.05, 0) is 0 Å². The van der Waals surface area contributed by atoms with Crippen LogP contribution in [0.25, 0.3) is 0 Å². The summed E-state index contributed by atoms with van der Waals surface area (Å²) >= 11 is 0. The van der Waals surface area contributed by atoms with Crippen LogP contribution in [0, 0.1) is 0 Å². The summed E-state index contributed by atoms with van der Waals surface area (Å²) < 4.78 is 5.18. The molecule has 1 saturated heterocycles. The van der Waals surface area contributed by atoms with Crippen LogP contribution in [0.15, 0.2) is 0 Å². The highest BCUT2D eigenvalue weighted by Gasteiger charge is 2.22. The average molecular weight is 158 g/mol. The van der Waals surface area contributed by atoms with Crippen LogP contribution in [0.5, 0.6) is 0 Å². The van der Waals surface area contributed by atoms with Gasteiger partial charge in [-0.25, -0.2) is 0 Å². The molecule has 1 amide bonds. The molecule has 11 heavy (non-hydrogen) atoms. The SMILES string of the molecule is CC(=O)N1CCOCC1CN. The molecule has 1 aliphatic rings. The summed E-state index contributed by atoms with van der Waals surface area (Å²) in [5.74, 6) is 0.0868. The van der Waals surface area contributed by atoms with Gasteiger partial charge in [0.15, 0.2) is 0 Å². The molecular weight excluding hydrogens is 144 g/mol. The number of nitrogens with two attached hydrogens (primary N) is 1. The van der Waals surface area contributed by atoms with Crippen molar-refractivity contribution in [1.82, 2.24) is 4.90 Å². The van der Waals surface area contributed by atoms with E-state index in [2.05, 4.69) is 0 Å². The van der Waals surface area contributed by atoms with Gasteiger partial charge < -0.3 is 15.4 Å². The number of carbonyl (C=O) groups is 1. The van der Waals surface area contributed by atoms with Crippen LogP contribution in [0.2, 0.25) is 0 Å². The van der Waals surface area contributed by atoms with Gasteiger partial charge in [0.05, 0.1) is 19.3 Å². The largest absolute Gasteiger partial charge is 0.377 e. The number of ether oxygens (including phenoxy) is 1. The predicted molar refractivity (Wildman–Crippen MR) is 41.0 cm³/mol. The number of nitrogens with zero attached hydrogens (tertiary/aromatic N) is 1. The van der Waals surface area contributed by atoms with Gasteiger partial charge >= 0.3 is 0 Å². The van der Waals surface area contributed by atoms with Crippen molar-refractivity contribution in [3.8, 4) is 0 Å². The second-order valence-corrected chi connectivity index (χ2v) is 2.68. The lowest BCUT2D eigenvalue weighted by atomic mass is 10.2. The van der Waals surface area contributed by atoms with Crippen molar-refractivity contribution in [2.75, 3.05) is 26.3 Å². The van der Waals surface area contributed by atoms with Crippen LogP contribution in [0.4, 0.5) is 0 Å². The van der Waals surface area contributed by atoms with E-state index in [1.807, 2.05) is 0 Å². The van der Waals surface area contributed by atoms with Gasteiger partial charge in [0.2, 0.25) is 5.91 Å². The third kappa shape index (κ3) is 1.91. The molecule has 2 N–H and O–H groups in total. The Kier molecular flexibility index (Phi) is 2.84. The Morgan fingerprint density at radius 2 is 2.55 bits per heavy atom. The van der Waals surface area contributed by atoms with E-state index in [1.54, 1.807) is 11.8 Å². The van der Waals surface area contributed by atoms with E-state index in [-0.39, 0.29) is 11.9 Å². The van der Waals surface area contributed by atoms with Gasteiger partial charge in [-0.1, -0.05) is 0 Å². The standard InChI is InChI=1S/C7H14N2O2/c1-6(10)9-2-3-11-5-7(9)4-8/h7H,2-5,8H2,1H3. The molecule has 0 saturated carbocycles. The summed E-state index contributed by atoms with van der Waals surface area (Å²) in [7, 11) is 0. The van der Waals surface area contributed by atoms with E-state index in [9.17, 15) is 4.79 Å². The van der Waals surface area contributed by atoms with Crippen LogP contribution < -0.4 is 5.73 Å². The molecule has 1 rings (SSSR count). The monoisotopic (exact) mass is 158 g/mol. The Bertz CT molecular complexity index is 149. The Balaban J connectivity index is 2.51. The Morgan fingerprint density at radius 1 is 1.82 bits per heavy atom. The normalized spacial score (nSPS) is 25.3. The molecule has 1 aliphatic heterocycles. The van der Waals surface area contributed by atoms with Gasteiger partial charge in [0.25, 0.3) is 0 Å². The highest BCUT2D eigenvalue weighted by Crippen LogP contribution is 2.04. The maximum Gasteiger partial charge on any atom is 0.219 e. The van der Waals surface area contributed by atoms with Crippen molar-refractivity contribution in [2.45, 2.75) is 13.0 Å².